The van der Waals surface area contributed by atoms with Crippen molar-refractivity contribution in [1.29, 1.82) is 0 Å². The molecule has 1 aromatic heterocycles. The number of rotatable bonds is 4. The zero-order chi connectivity index (χ0) is 13.1. The van der Waals surface area contributed by atoms with Gasteiger partial charge in [-0.1, -0.05) is 11.8 Å². The van der Waals surface area contributed by atoms with E-state index in [1.807, 2.05) is 0 Å². The van der Waals surface area contributed by atoms with E-state index in [1.165, 1.54) is 7.05 Å². The number of aromatic nitrogens is 2. The second-order valence-corrected chi connectivity index (χ2v) is 5.30. The third-order valence-corrected chi connectivity index (χ3v) is 3.39. The van der Waals surface area contributed by atoms with E-state index in [2.05, 4.69) is 20.8 Å². The van der Waals surface area contributed by atoms with Gasteiger partial charge in [0.25, 0.3) is 5.22 Å². The Bertz CT molecular complexity index is 458. The summed E-state index contributed by atoms with van der Waals surface area (Å²) in [6, 6.07) is -0.531. The van der Waals surface area contributed by atoms with E-state index >= 15 is 0 Å². The fraction of sp³-hybridized carbons (Fsp3) is 0.600. The SMILES string of the molecule is CNC(=O)NC(=O)[C@@H](C)Sc1nnc(C2CC2)o1. The van der Waals surface area contributed by atoms with Crippen molar-refractivity contribution in [3.8, 4) is 0 Å². The van der Waals surface area contributed by atoms with Crippen molar-refractivity contribution in [2.75, 3.05) is 7.05 Å². The highest BCUT2D eigenvalue weighted by Crippen LogP contribution is 2.40. The molecule has 7 nitrogen and oxygen atoms in total. The van der Waals surface area contributed by atoms with Crippen LogP contribution in [0.4, 0.5) is 4.79 Å². The average molecular weight is 270 g/mol. The van der Waals surface area contributed by atoms with E-state index in [9.17, 15) is 9.59 Å². The van der Waals surface area contributed by atoms with Crippen LogP contribution in [0.3, 0.4) is 0 Å². The third-order valence-electron chi connectivity index (χ3n) is 2.46. The molecule has 1 aliphatic rings. The fourth-order valence-corrected chi connectivity index (χ4v) is 1.93. The summed E-state index contributed by atoms with van der Waals surface area (Å²) in [4.78, 5) is 22.6. The van der Waals surface area contributed by atoms with Gasteiger partial charge in [0, 0.05) is 13.0 Å². The molecule has 8 heteroatoms. The summed E-state index contributed by atoms with van der Waals surface area (Å²) in [5.41, 5.74) is 0. The molecule has 0 radical (unpaired) electrons. The minimum Gasteiger partial charge on any atom is -0.416 e. The number of urea groups is 1. The van der Waals surface area contributed by atoms with Crippen LogP contribution in [0.5, 0.6) is 0 Å². The Labute approximate surface area is 108 Å². The highest BCUT2D eigenvalue weighted by molar-refractivity contribution is 8.00. The van der Waals surface area contributed by atoms with E-state index in [-0.39, 0.29) is 0 Å². The molecular weight excluding hydrogens is 256 g/mol. The summed E-state index contributed by atoms with van der Waals surface area (Å²) in [6.07, 6.45) is 2.16. The summed E-state index contributed by atoms with van der Waals surface area (Å²) < 4.78 is 5.42. The Kier molecular flexibility index (Phi) is 3.85. The lowest BCUT2D eigenvalue weighted by molar-refractivity contribution is -0.119. The molecule has 1 aliphatic carbocycles. The molecule has 0 bridgehead atoms. The molecule has 0 spiro atoms. The molecule has 1 fully saturated rings. The maximum absolute atomic E-state index is 11.6. The number of amides is 3. The molecule has 2 rings (SSSR count). The number of carbonyl (C=O) groups is 2. The van der Waals surface area contributed by atoms with Crippen LogP contribution in [0.1, 0.15) is 31.6 Å². The lowest BCUT2D eigenvalue weighted by Gasteiger charge is -2.07. The maximum Gasteiger partial charge on any atom is 0.321 e. The molecular formula is C10H14N4O3S. The molecule has 0 saturated heterocycles. The van der Waals surface area contributed by atoms with Gasteiger partial charge in [-0.2, -0.15) is 0 Å². The van der Waals surface area contributed by atoms with Crippen LogP contribution in [0.2, 0.25) is 0 Å². The first-order chi connectivity index (χ1) is 8.60. The van der Waals surface area contributed by atoms with Crippen molar-refractivity contribution in [2.45, 2.75) is 36.2 Å². The zero-order valence-corrected chi connectivity index (χ0v) is 10.9. The van der Waals surface area contributed by atoms with Gasteiger partial charge in [-0.3, -0.25) is 10.1 Å². The highest BCUT2D eigenvalue weighted by atomic mass is 32.2. The van der Waals surface area contributed by atoms with Crippen molar-refractivity contribution < 1.29 is 14.0 Å². The van der Waals surface area contributed by atoms with E-state index in [1.54, 1.807) is 6.92 Å². The van der Waals surface area contributed by atoms with Crippen molar-refractivity contribution >= 4 is 23.7 Å². The Balaban J connectivity index is 1.87. The standard InChI is InChI=1S/C10H14N4O3S/c1-5(7(15)12-9(16)11-2)18-10-14-13-8(17-10)6-3-4-6/h5-6H,3-4H2,1-2H3,(H2,11,12,15,16)/t5-/m1/s1. The van der Waals surface area contributed by atoms with Crippen LogP contribution >= 0.6 is 11.8 Å². The van der Waals surface area contributed by atoms with Gasteiger partial charge in [0.05, 0.1) is 5.25 Å². The molecule has 0 unspecified atom stereocenters. The van der Waals surface area contributed by atoms with Crippen LogP contribution in [0.15, 0.2) is 9.64 Å². The van der Waals surface area contributed by atoms with E-state index in [0.717, 1.165) is 24.6 Å². The molecule has 0 aromatic carbocycles. The Morgan fingerprint density at radius 2 is 2.17 bits per heavy atom. The van der Waals surface area contributed by atoms with Gasteiger partial charge < -0.3 is 9.73 Å². The second kappa shape index (κ2) is 5.38. The van der Waals surface area contributed by atoms with Crippen LogP contribution in [-0.4, -0.2) is 34.4 Å². The first kappa shape index (κ1) is 12.9. The number of carbonyl (C=O) groups excluding carboxylic acids is 2. The largest absolute Gasteiger partial charge is 0.416 e. The number of hydrogen-bond acceptors (Lipinski definition) is 6. The van der Waals surface area contributed by atoms with Gasteiger partial charge in [-0.25, -0.2) is 4.79 Å². The third kappa shape index (κ3) is 3.22. The molecule has 98 valence electrons. The van der Waals surface area contributed by atoms with Gasteiger partial charge >= 0.3 is 6.03 Å². The van der Waals surface area contributed by atoms with Crippen LogP contribution < -0.4 is 10.6 Å². The van der Waals surface area contributed by atoms with E-state index < -0.39 is 17.2 Å². The summed E-state index contributed by atoms with van der Waals surface area (Å²) in [5, 5.41) is 12.2. The van der Waals surface area contributed by atoms with E-state index in [4.69, 9.17) is 4.42 Å². The smallest absolute Gasteiger partial charge is 0.321 e. The predicted octanol–water partition coefficient (Wildman–Crippen LogP) is 0.883. The average Bonchev–Trinajstić information content (AvgIpc) is 3.10. The summed E-state index contributed by atoms with van der Waals surface area (Å²) in [5.74, 6) is 0.629. The number of hydrogen-bond donors (Lipinski definition) is 2. The van der Waals surface area contributed by atoms with Gasteiger partial charge in [0.2, 0.25) is 11.8 Å². The van der Waals surface area contributed by atoms with Gasteiger partial charge in [0.1, 0.15) is 0 Å². The lowest BCUT2D eigenvalue weighted by Crippen LogP contribution is -2.41. The number of nitrogens with zero attached hydrogens (tertiary/aromatic N) is 2. The quantitative estimate of drug-likeness (QED) is 0.788. The fourth-order valence-electron chi connectivity index (χ4n) is 1.24. The maximum atomic E-state index is 11.6. The predicted molar refractivity (Wildman–Crippen MR) is 64.2 cm³/mol. The second-order valence-electron chi connectivity index (χ2n) is 4.01. The normalized spacial score (nSPS) is 16.1. The van der Waals surface area contributed by atoms with Gasteiger partial charge in [-0.05, 0) is 19.8 Å². The van der Waals surface area contributed by atoms with Crippen molar-refractivity contribution in [1.82, 2.24) is 20.8 Å². The molecule has 18 heavy (non-hydrogen) atoms. The zero-order valence-electron chi connectivity index (χ0n) is 10.1. The van der Waals surface area contributed by atoms with Gasteiger partial charge in [-0.15, -0.1) is 10.2 Å². The van der Waals surface area contributed by atoms with Crippen molar-refractivity contribution in [3.63, 3.8) is 0 Å². The highest BCUT2D eigenvalue weighted by Gasteiger charge is 2.30. The van der Waals surface area contributed by atoms with Crippen molar-refractivity contribution in [3.05, 3.63) is 5.89 Å². The molecule has 0 aliphatic heterocycles. The molecule has 1 saturated carbocycles. The molecule has 3 amide bonds. The Morgan fingerprint density at radius 3 is 2.78 bits per heavy atom. The molecule has 1 atom stereocenters. The number of thioether (sulfide) groups is 1. The Morgan fingerprint density at radius 1 is 1.44 bits per heavy atom. The first-order valence-electron chi connectivity index (χ1n) is 5.62. The summed E-state index contributed by atoms with van der Waals surface area (Å²) >= 11 is 1.14. The molecule has 1 heterocycles. The van der Waals surface area contributed by atoms with E-state index in [0.29, 0.717) is 17.0 Å². The first-order valence-corrected chi connectivity index (χ1v) is 6.50. The summed E-state index contributed by atoms with van der Waals surface area (Å²) in [7, 11) is 1.44. The van der Waals surface area contributed by atoms with Crippen LogP contribution in [-0.2, 0) is 4.79 Å². The molecule has 1 aromatic rings. The van der Waals surface area contributed by atoms with Gasteiger partial charge in [0.15, 0.2) is 0 Å². The van der Waals surface area contributed by atoms with Crippen LogP contribution in [0, 0.1) is 0 Å². The topological polar surface area (TPSA) is 97.1 Å². The monoisotopic (exact) mass is 270 g/mol. The number of nitrogens with one attached hydrogen (secondary N) is 2. The van der Waals surface area contributed by atoms with Crippen LogP contribution in [0.25, 0.3) is 0 Å². The number of imide groups is 1. The lowest BCUT2D eigenvalue weighted by atomic mass is 10.4. The Hall–Kier alpha value is -1.57. The molecule has 2 N–H and O–H groups in total. The minimum absolute atomic E-state index is 0.358. The van der Waals surface area contributed by atoms with Crippen molar-refractivity contribution in [2.24, 2.45) is 0 Å². The summed E-state index contributed by atoms with van der Waals surface area (Å²) in [6.45, 7) is 1.67. The minimum atomic E-state index is -0.531.